The number of nitrogens with one attached hydrogen (secondary N) is 2. The van der Waals surface area contributed by atoms with Gasteiger partial charge in [0.05, 0.1) is 10.9 Å². The van der Waals surface area contributed by atoms with Crippen molar-refractivity contribution in [2.45, 2.75) is 16.6 Å². The molecule has 1 aliphatic heterocycles. The number of hydrogen-bond acceptors (Lipinski definition) is 4. The Morgan fingerprint density at radius 2 is 2.00 bits per heavy atom. The van der Waals surface area contributed by atoms with Gasteiger partial charge in [-0.1, -0.05) is 36.4 Å². The SMILES string of the molecule is O=C(Nc1nc(-c2c[nH]c3ccccc23)cs1)C1Cc2ccccc2S1. The third-order valence-corrected chi connectivity index (χ3v) is 6.61. The molecule has 1 amide bonds. The summed E-state index contributed by atoms with van der Waals surface area (Å²) >= 11 is 3.09. The van der Waals surface area contributed by atoms with Crippen molar-refractivity contribution in [3.63, 3.8) is 0 Å². The zero-order chi connectivity index (χ0) is 17.5. The van der Waals surface area contributed by atoms with Crippen LogP contribution in [0.5, 0.6) is 0 Å². The van der Waals surface area contributed by atoms with Crippen LogP contribution < -0.4 is 5.32 Å². The topological polar surface area (TPSA) is 57.8 Å². The van der Waals surface area contributed by atoms with Crippen LogP contribution in [0.2, 0.25) is 0 Å². The number of aromatic nitrogens is 2. The fourth-order valence-electron chi connectivity index (χ4n) is 3.25. The van der Waals surface area contributed by atoms with E-state index in [4.69, 9.17) is 0 Å². The Morgan fingerprint density at radius 3 is 2.92 bits per heavy atom. The summed E-state index contributed by atoms with van der Waals surface area (Å²) in [5.74, 6) is 0.0195. The van der Waals surface area contributed by atoms with Crippen molar-refractivity contribution in [2.24, 2.45) is 0 Å². The number of thiazole rings is 1. The Bertz CT molecular complexity index is 1090. The van der Waals surface area contributed by atoms with Crippen molar-refractivity contribution in [1.82, 2.24) is 9.97 Å². The largest absolute Gasteiger partial charge is 0.360 e. The first kappa shape index (κ1) is 15.7. The number of carbonyl (C=O) groups is 1. The Labute approximate surface area is 158 Å². The van der Waals surface area contributed by atoms with Crippen LogP contribution in [0.25, 0.3) is 22.2 Å². The lowest BCUT2D eigenvalue weighted by Crippen LogP contribution is -2.24. The van der Waals surface area contributed by atoms with Gasteiger partial charge in [0.25, 0.3) is 0 Å². The van der Waals surface area contributed by atoms with Crippen LogP contribution in [0.1, 0.15) is 5.56 Å². The van der Waals surface area contributed by atoms with Gasteiger partial charge < -0.3 is 10.3 Å². The number of rotatable bonds is 3. The van der Waals surface area contributed by atoms with Crippen LogP contribution >= 0.6 is 23.1 Å². The normalized spacial score (nSPS) is 15.9. The second kappa shape index (κ2) is 6.30. The highest BCUT2D eigenvalue weighted by Gasteiger charge is 2.28. The number of anilines is 1. The minimum atomic E-state index is -0.0900. The van der Waals surface area contributed by atoms with Gasteiger partial charge >= 0.3 is 0 Å². The summed E-state index contributed by atoms with van der Waals surface area (Å²) in [6.07, 6.45) is 2.74. The summed E-state index contributed by atoms with van der Waals surface area (Å²) in [4.78, 5) is 21.7. The number of amides is 1. The molecule has 1 atom stereocenters. The van der Waals surface area contributed by atoms with Crippen LogP contribution in [0.4, 0.5) is 5.13 Å². The molecule has 3 heterocycles. The highest BCUT2D eigenvalue weighted by molar-refractivity contribution is 8.01. The van der Waals surface area contributed by atoms with E-state index in [0.29, 0.717) is 5.13 Å². The number of nitrogens with zero attached hydrogens (tertiary/aromatic N) is 1. The van der Waals surface area contributed by atoms with Crippen molar-refractivity contribution in [3.8, 4) is 11.3 Å². The number of hydrogen-bond donors (Lipinski definition) is 2. The molecule has 128 valence electrons. The quantitative estimate of drug-likeness (QED) is 0.531. The molecular weight excluding hydrogens is 362 g/mol. The fraction of sp³-hybridized carbons (Fsp3) is 0.100. The van der Waals surface area contributed by atoms with Gasteiger partial charge in [0, 0.05) is 32.9 Å². The lowest BCUT2D eigenvalue weighted by atomic mass is 10.1. The van der Waals surface area contributed by atoms with Crippen LogP contribution in [0.15, 0.2) is 65.0 Å². The van der Waals surface area contributed by atoms with Gasteiger partial charge in [-0.15, -0.1) is 23.1 Å². The second-order valence-corrected chi connectivity index (χ2v) is 8.30. The fourth-order valence-corrected chi connectivity index (χ4v) is 5.16. The first-order valence-electron chi connectivity index (χ1n) is 8.35. The van der Waals surface area contributed by atoms with Crippen LogP contribution in [-0.4, -0.2) is 21.1 Å². The lowest BCUT2D eigenvalue weighted by Gasteiger charge is -2.07. The van der Waals surface area contributed by atoms with Crippen LogP contribution in [0.3, 0.4) is 0 Å². The van der Waals surface area contributed by atoms with E-state index in [1.54, 1.807) is 11.8 Å². The van der Waals surface area contributed by atoms with E-state index in [0.717, 1.165) is 28.6 Å². The molecule has 0 radical (unpaired) electrons. The number of carbonyl (C=O) groups excluding carboxylic acids is 1. The zero-order valence-corrected chi connectivity index (χ0v) is 15.4. The minimum absolute atomic E-state index is 0.0195. The molecule has 1 unspecified atom stereocenters. The maximum absolute atomic E-state index is 12.6. The highest BCUT2D eigenvalue weighted by atomic mass is 32.2. The average molecular weight is 377 g/mol. The molecule has 2 aromatic heterocycles. The molecule has 0 aliphatic carbocycles. The molecule has 4 aromatic rings. The third kappa shape index (κ3) is 2.71. The maximum Gasteiger partial charge on any atom is 0.239 e. The minimum Gasteiger partial charge on any atom is -0.360 e. The van der Waals surface area contributed by atoms with E-state index in [9.17, 15) is 4.79 Å². The second-order valence-electron chi connectivity index (χ2n) is 6.19. The summed E-state index contributed by atoms with van der Waals surface area (Å²) in [6.45, 7) is 0. The first-order valence-corrected chi connectivity index (χ1v) is 10.1. The van der Waals surface area contributed by atoms with Crippen molar-refractivity contribution >= 4 is 45.0 Å². The van der Waals surface area contributed by atoms with Gasteiger partial charge in [0.2, 0.25) is 5.91 Å². The van der Waals surface area contributed by atoms with E-state index < -0.39 is 0 Å². The number of H-pyrrole nitrogens is 1. The molecule has 2 N–H and O–H groups in total. The molecule has 0 saturated heterocycles. The van der Waals surface area contributed by atoms with E-state index in [1.165, 1.54) is 21.8 Å². The Hall–Kier alpha value is -2.57. The molecule has 0 bridgehead atoms. The molecule has 26 heavy (non-hydrogen) atoms. The van der Waals surface area contributed by atoms with Crippen molar-refractivity contribution in [3.05, 3.63) is 65.7 Å². The van der Waals surface area contributed by atoms with Crippen molar-refractivity contribution < 1.29 is 4.79 Å². The molecule has 0 spiro atoms. The van der Waals surface area contributed by atoms with Gasteiger partial charge in [0.1, 0.15) is 0 Å². The first-order chi connectivity index (χ1) is 12.8. The van der Waals surface area contributed by atoms with E-state index in [-0.39, 0.29) is 11.2 Å². The molecule has 1 aliphatic rings. The molecule has 0 saturated carbocycles. The number of benzene rings is 2. The lowest BCUT2D eigenvalue weighted by molar-refractivity contribution is -0.115. The van der Waals surface area contributed by atoms with Gasteiger partial charge in [-0.05, 0) is 24.1 Å². The van der Waals surface area contributed by atoms with Crippen molar-refractivity contribution in [1.29, 1.82) is 0 Å². The molecule has 2 aromatic carbocycles. The summed E-state index contributed by atoms with van der Waals surface area (Å²) in [5.41, 5.74) is 4.27. The molecular formula is C20H15N3OS2. The highest BCUT2D eigenvalue weighted by Crippen LogP contribution is 2.37. The standard InChI is InChI=1S/C20H15N3OS2/c24-19(18-9-12-5-1-4-8-17(12)26-18)23-20-22-16(11-25-20)14-10-21-15-7-3-2-6-13(14)15/h1-8,10-11,18,21H,9H2,(H,22,23,24). The van der Waals surface area contributed by atoms with E-state index in [1.807, 2.05) is 41.9 Å². The third-order valence-electron chi connectivity index (χ3n) is 4.54. The monoisotopic (exact) mass is 377 g/mol. The smallest absolute Gasteiger partial charge is 0.239 e. The van der Waals surface area contributed by atoms with Gasteiger partial charge in [0.15, 0.2) is 5.13 Å². The Kier molecular flexibility index (Phi) is 3.80. The van der Waals surface area contributed by atoms with Gasteiger partial charge in [-0.25, -0.2) is 4.98 Å². The van der Waals surface area contributed by atoms with Gasteiger partial charge in [-0.2, -0.15) is 0 Å². The van der Waals surface area contributed by atoms with Gasteiger partial charge in [-0.3, -0.25) is 4.79 Å². The van der Waals surface area contributed by atoms with E-state index in [2.05, 4.69) is 33.5 Å². The molecule has 6 heteroatoms. The average Bonchev–Trinajstić information content (AvgIpc) is 3.38. The predicted molar refractivity (Wildman–Crippen MR) is 108 cm³/mol. The maximum atomic E-state index is 12.6. The molecule has 4 nitrogen and oxygen atoms in total. The Balaban J connectivity index is 1.34. The van der Waals surface area contributed by atoms with Crippen LogP contribution in [-0.2, 0) is 11.2 Å². The van der Waals surface area contributed by atoms with Crippen LogP contribution in [0, 0.1) is 0 Å². The van der Waals surface area contributed by atoms with E-state index >= 15 is 0 Å². The Morgan fingerprint density at radius 1 is 1.15 bits per heavy atom. The molecule has 5 rings (SSSR count). The number of aromatic amines is 1. The number of thioether (sulfide) groups is 1. The summed E-state index contributed by atoms with van der Waals surface area (Å²) in [7, 11) is 0. The predicted octanol–water partition coefficient (Wildman–Crippen LogP) is 4.95. The number of para-hydroxylation sites is 1. The summed E-state index contributed by atoms with van der Waals surface area (Å²) in [6, 6.07) is 16.3. The number of fused-ring (bicyclic) bond motifs is 2. The summed E-state index contributed by atoms with van der Waals surface area (Å²) in [5, 5.41) is 6.67. The van der Waals surface area contributed by atoms with Crippen molar-refractivity contribution in [2.75, 3.05) is 5.32 Å². The molecule has 0 fully saturated rings. The summed E-state index contributed by atoms with van der Waals surface area (Å²) < 4.78 is 0. The zero-order valence-electron chi connectivity index (χ0n) is 13.7.